The van der Waals surface area contributed by atoms with E-state index in [1.807, 2.05) is 0 Å². The topological polar surface area (TPSA) is 63.2 Å². The number of carboxylic acid groups (broad SMARTS) is 2. The molecule has 0 amide bonds. The summed E-state index contributed by atoms with van der Waals surface area (Å²) in [5.41, 5.74) is 0. The van der Waals surface area contributed by atoms with E-state index in [1.54, 1.807) is 0 Å². The van der Waals surface area contributed by atoms with Gasteiger partial charge in [-0.05, 0) is 6.16 Å². The summed E-state index contributed by atoms with van der Waals surface area (Å²) in [5, 5.41) is 16.7. The van der Waals surface area contributed by atoms with E-state index < -0.39 is 6.16 Å². The summed E-state index contributed by atoms with van der Waals surface area (Å²) < 4.78 is 0. The van der Waals surface area contributed by atoms with Crippen molar-refractivity contribution in [2.45, 2.75) is 0 Å². The maximum absolute atomic E-state index is 8.33. The molecule has 0 saturated carbocycles. The molecule has 0 aromatic rings. The first-order valence-electron chi connectivity index (χ1n) is 0.612. The van der Waals surface area contributed by atoms with Crippen molar-refractivity contribution in [3.63, 3.8) is 0 Å². The van der Waals surface area contributed by atoms with Gasteiger partial charge in [0.1, 0.15) is 0 Å². The molecule has 0 aliphatic rings. The van der Waals surface area contributed by atoms with Crippen LogP contribution in [0.2, 0.25) is 0 Å². The number of carbonyl (C=O) groups excluding carboxylic acids is 1. The molecule has 3 nitrogen and oxygen atoms in total. The first-order chi connectivity index (χ1) is 1.73. The molecule has 0 aliphatic carbocycles. The summed E-state index contributed by atoms with van der Waals surface area (Å²) in [6.45, 7) is 0. The molecule has 5 heteroatoms. The van der Waals surface area contributed by atoms with Crippen molar-refractivity contribution in [3.05, 3.63) is 0 Å². The maximum atomic E-state index is 8.33. The Kier molecular flexibility index (Phi) is 24.4. The van der Waals surface area contributed by atoms with Crippen LogP contribution in [-0.2, 0) is 19.5 Å². The number of hydrogen-bond acceptors (Lipinski definition) is 3. The smallest absolute Gasteiger partial charge is 0.652 e. The van der Waals surface area contributed by atoms with Crippen LogP contribution in [0.3, 0.4) is 0 Å². The van der Waals surface area contributed by atoms with Crippen LogP contribution in [0, 0.1) is 0 Å². The van der Waals surface area contributed by atoms with Crippen molar-refractivity contribution < 1.29 is 34.5 Å². The monoisotopic (exact) mass is 187 g/mol. The molecule has 33 valence electrons. The Labute approximate surface area is 63.6 Å². The number of carbonyl (C=O) groups is 1. The van der Waals surface area contributed by atoms with Gasteiger partial charge in [-0.2, -0.15) is 0 Å². The molecule has 0 rings (SSSR count). The molecule has 0 saturated heterocycles. The molecule has 6 heavy (non-hydrogen) atoms. The number of hydrogen-bond donors (Lipinski definition) is 0. The van der Waals surface area contributed by atoms with Crippen LogP contribution in [0.25, 0.3) is 0 Å². The largest absolute Gasteiger partial charge is 2.00 e. The van der Waals surface area contributed by atoms with Crippen molar-refractivity contribution in [3.8, 4) is 0 Å². The van der Waals surface area contributed by atoms with Crippen molar-refractivity contribution in [2.75, 3.05) is 0 Å². The minimum Gasteiger partial charge on any atom is -0.652 e. The summed E-state index contributed by atoms with van der Waals surface area (Å²) in [6, 6.07) is 0. The fourth-order valence-corrected chi connectivity index (χ4v) is 0. The molecule has 0 aromatic carbocycles. The molecular formula is CMgO3Rh. The Morgan fingerprint density at radius 1 is 1.33 bits per heavy atom. The molecular weight excluding hydrogens is 187 g/mol. The molecule has 0 unspecified atom stereocenters. The summed E-state index contributed by atoms with van der Waals surface area (Å²) in [6.07, 6.45) is -2.33. The van der Waals surface area contributed by atoms with E-state index >= 15 is 0 Å². The zero-order chi connectivity index (χ0) is 3.58. The van der Waals surface area contributed by atoms with Gasteiger partial charge in [-0.1, -0.05) is 0 Å². The van der Waals surface area contributed by atoms with Crippen LogP contribution in [0.15, 0.2) is 0 Å². The Morgan fingerprint density at radius 2 is 1.33 bits per heavy atom. The van der Waals surface area contributed by atoms with Crippen molar-refractivity contribution >= 4 is 29.2 Å². The first kappa shape index (κ1) is 15.9. The van der Waals surface area contributed by atoms with Crippen LogP contribution in [0.4, 0.5) is 4.79 Å². The van der Waals surface area contributed by atoms with Gasteiger partial charge in [0.05, 0.1) is 0 Å². The van der Waals surface area contributed by atoms with Gasteiger partial charge in [-0.25, -0.2) is 0 Å². The standard InChI is InChI=1S/CH2O3.Mg.Rh/c2-1(3)4;;/h(H2,2,3,4);;/q;+2;/p-2. The van der Waals surface area contributed by atoms with Gasteiger partial charge in [0.15, 0.2) is 0 Å². The average molecular weight is 187 g/mol. The Hall–Kier alpha value is 0.660. The summed E-state index contributed by atoms with van der Waals surface area (Å²) in [5.74, 6) is 0. The molecule has 1 radical (unpaired) electrons. The molecule has 0 bridgehead atoms. The van der Waals surface area contributed by atoms with E-state index in [2.05, 4.69) is 0 Å². The molecule has 0 fully saturated rings. The second-order valence-corrected chi connectivity index (χ2v) is 0.250. The number of rotatable bonds is 0. The summed E-state index contributed by atoms with van der Waals surface area (Å²) >= 11 is 0. The minimum atomic E-state index is -2.33. The minimum absolute atomic E-state index is 0. The summed E-state index contributed by atoms with van der Waals surface area (Å²) in [7, 11) is 0. The van der Waals surface area contributed by atoms with Crippen molar-refractivity contribution in [2.24, 2.45) is 0 Å². The van der Waals surface area contributed by atoms with E-state index in [-0.39, 0.29) is 42.5 Å². The van der Waals surface area contributed by atoms with Gasteiger partial charge < -0.3 is 15.0 Å². The second-order valence-electron chi connectivity index (χ2n) is 0.250. The van der Waals surface area contributed by atoms with E-state index in [4.69, 9.17) is 15.0 Å². The van der Waals surface area contributed by atoms with Gasteiger partial charge in [-0.15, -0.1) is 0 Å². The molecule has 0 aromatic heterocycles. The van der Waals surface area contributed by atoms with Crippen molar-refractivity contribution in [1.82, 2.24) is 0 Å². The molecule has 0 aliphatic heterocycles. The van der Waals surface area contributed by atoms with Crippen LogP contribution < -0.4 is 10.2 Å². The third-order valence-corrected chi connectivity index (χ3v) is 0. The van der Waals surface area contributed by atoms with Crippen LogP contribution in [0.5, 0.6) is 0 Å². The predicted molar refractivity (Wildman–Crippen MR) is 11.1 cm³/mol. The third-order valence-electron chi connectivity index (χ3n) is 0. The fourth-order valence-electron chi connectivity index (χ4n) is 0. The summed E-state index contributed by atoms with van der Waals surface area (Å²) in [4.78, 5) is 8.33. The fraction of sp³-hybridized carbons (Fsp3) is 0. The Balaban J connectivity index is -0.0000000450. The van der Waals surface area contributed by atoms with Gasteiger partial charge in [-0.3, -0.25) is 0 Å². The zero-order valence-electron chi connectivity index (χ0n) is 2.77. The molecule has 0 spiro atoms. The second kappa shape index (κ2) is 9.18. The molecule has 0 N–H and O–H groups in total. The van der Waals surface area contributed by atoms with Gasteiger partial charge >= 0.3 is 23.1 Å². The van der Waals surface area contributed by atoms with E-state index in [0.29, 0.717) is 0 Å². The van der Waals surface area contributed by atoms with Gasteiger partial charge in [0.25, 0.3) is 0 Å². The Bertz CT molecular complexity index is 33.8. The molecule has 0 atom stereocenters. The zero-order valence-corrected chi connectivity index (χ0v) is 5.82. The van der Waals surface area contributed by atoms with Crippen molar-refractivity contribution in [1.29, 1.82) is 0 Å². The van der Waals surface area contributed by atoms with Gasteiger partial charge in [0, 0.05) is 19.5 Å². The van der Waals surface area contributed by atoms with Crippen LogP contribution >= 0.6 is 0 Å². The predicted octanol–water partition coefficient (Wildman–Crippen LogP) is -2.83. The normalized spacial score (nSPS) is 4.00. The first-order valence-corrected chi connectivity index (χ1v) is 0.612. The van der Waals surface area contributed by atoms with E-state index in [0.717, 1.165) is 0 Å². The van der Waals surface area contributed by atoms with Crippen LogP contribution in [0.1, 0.15) is 0 Å². The van der Waals surface area contributed by atoms with Gasteiger partial charge in [0.2, 0.25) is 0 Å². The SMILES string of the molecule is O=C([O-])[O-].[Mg+2].[Rh]. The Morgan fingerprint density at radius 3 is 1.33 bits per heavy atom. The van der Waals surface area contributed by atoms with E-state index in [1.165, 1.54) is 0 Å². The van der Waals surface area contributed by atoms with E-state index in [9.17, 15) is 0 Å². The molecule has 0 heterocycles. The quantitative estimate of drug-likeness (QED) is 0.384. The third kappa shape index (κ3) is 143. The average Bonchev–Trinajstić information content (AvgIpc) is 0.811. The maximum Gasteiger partial charge on any atom is 2.00 e. The van der Waals surface area contributed by atoms with Crippen LogP contribution in [-0.4, -0.2) is 29.2 Å².